The first-order valence-electron chi connectivity index (χ1n) is 12.1. The van der Waals surface area contributed by atoms with E-state index < -0.39 is 5.97 Å². The van der Waals surface area contributed by atoms with Crippen LogP contribution in [-0.4, -0.2) is 39.7 Å². The molecule has 192 valence electrons. The molecule has 7 nitrogen and oxygen atoms in total. The number of imidazole rings is 1. The molecule has 0 radical (unpaired) electrons. The van der Waals surface area contributed by atoms with Gasteiger partial charge >= 0.3 is 5.97 Å². The molecule has 4 aromatic rings. The molecule has 0 unspecified atom stereocenters. The zero-order valence-corrected chi connectivity index (χ0v) is 21.9. The van der Waals surface area contributed by atoms with E-state index in [2.05, 4.69) is 54.9 Å². The Bertz CT molecular complexity index is 1420. The van der Waals surface area contributed by atoms with Crippen molar-refractivity contribution in [1.82, 2.24) is 14.9 Å². The molecule has 0 aliphatic rings. The number of fused-ring (bicyclic) bond motifs is 1. The number of ether oxygens (including phenoxy) is 1. The average Bonchev–Trinajstić information content (AvgIpc) is 3.22. The van der Waals surface area contributed by atoms with Crippen LogP contribution in [0, 0.1) is 0 Å². The molecule has 8 heteroatoms. The normalized spacial score (nSPS) is 11.5. The summed E-state index contributed by atoms with van der Waals surface area (Å²) in [7, 11) is 0. The number of benzene rings is 3. The molecule has 0 fully saturated rings. The number of aromatic nitrogens is 2. The molecular formula is C29H30ClN3O4. The summed E-state index contributed by atoms with van der Waals surface area (Å²) in [5.74, 6) is 0.0816. The van der Waals surface area contributed by atoms with Crippen molar-refractivity contribution in [2.45, 2.75) is 39.2 Å². The SMILES string of the molecule is CC(C)(C)c1ccc(-c2nc3cc(C(=O)NCCC(=O)O)ccc3n2CCOc2ccccc2Cl)cc1. The minimum Gasteiger partial charge on any atom is -0.490 e. The predicted molar refractivity (Wildman–Crippen MR) is 145 cm³/mol. The van der Waals surface area contributed by atoms with Gasteiger partial charge in [-0.3, -0.25) is 9.59 Å². The fourth-order valence-electron chi connectivity index (χ4n) is 4.03. The lowest BCUT2D eigenvalue weighted by atomic mass is 9.87. The van der Waals surface area contributed by atoms with Gasteiger partial charge in [-0.25, -0.2) is 4.98 Å². The Morgan fingerprint density at radius 2 is 1.78 bits per heavy atom. The van der Waals surface area contributed by atoms with E-state index >= 15 is 0 Å². The lowest BCUT2D eigenvalue weighted by molar-refractivity contribution is -0.136. The minimum absolute atomic E-state index is 0.0321. The molecular weight excluding hydrogens is 490 g/mol. The molecule has 2 N–H and O–H groups in total. The summed E-state index contributed by atoms with van der Waals surface area (Å²) in [6.07, 6.45) is -0.136. The Kier molecular flexibility index (Phi) is 7.83. The Labute approximate surface area is 221 Å². The standard InChI is InChI=1S/C29H30ClN3O4/c1-29(2,3)21-11-8-19(9-12-21)27-32-23-18-20(28(36)31-15-14-26(34)35)10-13-24(23)33(27)16-17-37-25-7-5-4-6-22(25)30/h4-13,18H,14-17H2,1-3H3,(H,31,36)(H,34,35). The number of hydrogen-bond acceptors (Lipinski definition) is 4. The molecule has 1 amide bonds. The van der Waals surface area contributed by atoms with Crippen molar-refractivity contribution < 1.29 is 19.4 Å². The van der Waals surface area contributed by atoms with E-state index in [4.69, 9.17) is 26.4 Å². The van der Waals surface area contributed by atoms with Gasteiger partial charge < -0.3 is 19.7 Å². The molecule has 1 aromatic heterocycles. The maximum Gasteiger partial charge on any atom is 0.305 e. The van der Waals surface area contributed by atoms with Crippen molar-refractivity contribution >= 4 is 34.5 Å². The van der Waals surface area contributed by atoms with Crippen LogP contribution in [-0.2, 0) is 16.8 Å². The van der Waals surface area contributed by atoms with Crippen LogP contribution in [0.2, 0.25) is 5.02 Å². The first-order valence-corrected chi connectivity index (χ1v) is 12.5. The smallest absolute Gasteiger partial charge is 0.305 e. The number of para-hydroxylation sites is 1. The summed E-state index contributed by atoms with van der Waals surface area (Å²) in [5.41, 5.74) is 4.16. The third kappa shape index (κ3) is 6.30. The van der Waals surface area contributed by atoms with Crippen molar-refractivity contribution in [3.63, 3.8) is 0 Å². The number of hydrogen-bond donors (Lipinski definition) is 2. The Balaban J connectivity index is 1.66. The summed E-state index contributed by atoms with van der Waals surface area (Å²) in [4.78, 5) is 28.2. The Morgan fingerprint density at radius 3 is 2.46 bits per heavy atom. The van der Waals surface area contributed by atoms with Crippen LogP contribution in [0.1, 0.15) is 43.1 Å². The molecule has 3 aromatic carbocycles. The van der Waals surface area contributed by atoms with Crippen molar-refractivity contribution in [3.8, 4) is 17.1 Å². The third-order valence-electron chi connectivity index (χ3n) is 6.05. The topological polar surface area (TPSA) is 93.5 Å². The third-order valence-corrected chi connectivity index (χ3v) is 6.37. The second-order valence-corrected chi connectivity index (χ2v) is 10.2. The van der Waals surface area contributed by atoms with Gasteiger partial charge in [-0.1, -0.05) is 68.8 Å². The largest absolute Gasteiger partial charge is 0.490 e. The fourth-order valence-corrected chi connectivity index (χ4v) is 4.22. The number of rotatable bonds is 9. The summed E-state index contributed by atoms with van der Waals surface area (Å²) in [6, 6.07) is 21.0. The van der Waals surface area contributed by atoms with Crippen LogP contribution in [0.3, 0.4) is 0 Å². The Hall–Kier alpha value is -3.84. The van der Waals surface area contributed by atoms with Crippen LogP contribution < -0.4 is 10.1 Å². The highest BCUT2D eigenvalue weighted by Gasteiger charge is 2.18. The first kappa shape index (κ1) is 26.2. The maximum absolute atomic E-state index is 12.6. The molecule has 0 bridgehead atoms. The average molecular weight is 520 g/mol. The molecule has 0 aliphatic heterocycles. The van der Waals surface area contributed by atoms with Crippen molar-refractivity contribution in [3.05, 3.63) is 82.9 Å². The van der Waals surface area contributed by atoms with Gasteiger partial charge in [-0.15, -0.1) is 0 Å². The quantitative estimate of drug-likeness (QED) is 0.285. The molecule has 0 atom stereocenters. The summed E-state index contributed by atoms with van der Waals surface area (Å²) in [5, 5.41) is 12.0. The lowest BCUT2D eigenvalue weighted by Crippen LogP contribution is -2.25. The molecule has 0 saturated heterocycles. The lowest BCUT2D eigenvalue weighted by Gasteiger charge is -2.19. The van der Waals surface area contributed by atoms with E-state index in [0.29, 0.717) is 35.0 Å². The number of amides is 1. The van der Waals surface area contributed by atoms with Gasteiger partial charge in [0.1, 0.15) is 18.2 Å². The van der Waals surface area contributed by atoms with E-state index in [0.717, 1.165) is 16.9 Å². The van der Waals surface area contributed by atoms with Crippen molar-refractivity contribution in [2.24, 2.45) is 0 Å². The van der Waals surface area contributed by atoms with Gasteiger partial charge in [0.25, 0.3) is 5.91 Å². The van der Waals surface area contributed by atoms with Crippen molar-refractivity contribution in [2.75, 3.05) is 13.2 Å². The predicted octanol–water partition coefficient (Wildman–Crippen LogP) is 5.94. The highest BCUT2D eigenvalue weighted by Crippen LogP contribution is 2.29. The molecule has 0 saturated carbocycles. The highest BCUT2D eigenvalue weighted by atomic mass is 35.5. The van der Waals surface area contributed by atoms with E-state index in [1.165, 1.54) is 5.56 Å². The molecule has 0 aliphatic carbocycles. The van der Waals surface area contributed by atoms with Gasteiger partial charge in [-0.05, 0) is 41.3 Å². The number of halogens is 1. The van der Waals surface area contributed by atoms with E-state index in [-0.39, 0.29) is 24.3 Å². The van der Waals surface area contributed by atoms with Gasteiger partial charge in [0.2, 0.25) is 0 Å². The number of carbonyl (C=O) groups excluding carboxylic acids is 1. The number of carbonyl (C=O) groups is 2. The highest BCUT2D eigenvalue weighted by molar-refractivity contribution is 6.32. The Morgan fingerprint density at radius 1 is 1.05 bits per heavy atom. The molecule has 1 heterocycles. The second kappa shape index (κ2) is 11.0. The first-order chi connectivity index (χ1) is 17.6. The van der Waals surface area contributed by atoms with E-state index in [1.54, 1.807) is 18.2 Å². The van der Waals surface area contributed by atoms with Crippen LogP contribution in [0.25, 0.3) is 22.4 Å². The number of nitrogens with zero attached hydrogens (tertiary/aromatic N) is 2. The van der Waals surface area contributed by atoms with Gasteiger partial charge in [0.05, 0.1) is 29.0 Å². The molecule has 4 rings (SSSR count). The molecule has 0 spiro atoms. The van der Waals surface area contributed by atoms with Crippen molar-refractivity contribution in [1.29, 1.82) is 0 Å². The fraction of sp³-hybridized carbons (Fsp3) is 0.276. The van der Waals surface area contributed by atoms with Crippen LogP contribution >= 0.6 is 11.6 Å². The number of carboxylic acids is 1. The summed E-state index contributed by atoms with van der Waals surface area (Å²) in [6.45, 7) is 7.47. The van der Waals surface area contributed by atoms with Gasteiger partial charge in [0, 0.05) is 17.7 Å². The summed E-state index contributed by atoms with van der Waals surface area (Å²) >= 11 is 6.24. The van der Waals surface area contributed by atoms with Gasteiger partial charge in [-0.2, -0.15) is 0 Å². The zero-order valence-electron chi connectivity index (χ0n) is 21.1. The number of carboxylic acid groups (broad SMARTS) is 1. The van der Waals surface area contributed by atoms with Crippen LogP contribution in [0.4, 0.5) is 0 Å². The monoisotopic (exact) mass is 519 g/mol. The number of aliphatic carboxylic acids is 1. The maximum atomic E-state index is 12.6. The second-order valence-electron chi connectivity index (χ2n) is 9.80. The summed E-state index contributed by atoms with van der Waals surface area (Å²) < 4.78 is 8.02. The molecule has 37 heavy (non-hydrogen) atoms. The zero-order chi connectivity index (χ0) is 26.6. The van der Waals surface area contributed by atoms with Gasteiger partial charge in [0.15, 0.2) is 0 Å². The van der Waals surface area contributed by atoms with E-state index in [1.807, 2.05) is 24.3 Å². The minimum atomic E-state index is -0.962. The van der Waals surface area contributed by atoms with Crippen LogP contribution in [0.5, 0.6) is 5.75 Å². The van der Waals surface area contributed by atoms with E-state index in [9.17, 15) is 9.59 Å². The number of nitrogens with one attached hydrogen (secondary N) is 1. The van der Waals surface area contributed by atoms with Crippen LogP contribution in [0.15, 0.2) is 66.7 Å².